The molecule has 1 aromatic carbocycles. The average Bonchev–Trinajstić information content (AvgIpc) is 2.58. The minimum Gasteiger partial charge on any atom is -0.496 e. The van der Waals surface area contributed by atoms with Crippen molar-refractivity contribution in [1.29, 1.82) is 0 Å². The maximum atomic E-state index is 13.4. The molecule has 0 bridgehead atoms. The zero-order valence-corrected chi connectivity index (χ0v) is 14.3. The van der Waals surface area contributed by atoms with Crippen LogP contribution in [0.3, 0.4) is 0 Å². The molecule has 0 fully saturated rings. The summed E-state index contributed by atoms with van der Waals surface area (Å²) in [5.41, 5.74) is 1.29. The van der Waals surface area contributed by atoms with Crippen molar-refractivity contribution in [3.63, 3.8) is 0 Å². The van der Waals surface area contributed by atoms with E-state index in [2.05, 4.69) is 4.99 Å². The van der Waals surface area contributed by atoms with Crippen LogP contribution < -0.4 is 0 Å². The molecule has 3 amide bonds. The molecule has 130 valence electrons. The quantitative estimate of drug-likeness (QED) is 0.788. The number of hydrogen-bond acceptors (Lipinski definition) is 4. The van der Waals surface area contributed by atoms with Crippen molar-refractivity contribution < 1.29 is 23.3 Å². The van der Waals surface area contributed by atoms with Gasteiger partial charge in [-0.05, 0) is 31.5 Å². The van der Waals surface area contributed by atoms with E-state index >= 15 is 0 Å². The van der Waals surface area contributed by atoms with Gasteiger partial charge in [0.1, 0.15) is 24.3 Å². The first kappa shape index (κ1) is 17.0. The number of rotatable bonds is 4. The Bertz CT molecular complexity index is 842. The second-order valence-electron chi connectivity index (χ2n) is 5.93. The monoisotopic (exact) mass is 344 g/mol. The minimum absolute atomic E-state index is 0.00822. The SMILES string of the molecule is CCOC1=C(C)C=NC2=[N+](C)C(=O)N(Cc3cccc(F)c3)C(=O)C12. The third-order valence-electron chi connectivity index (χ3n) is 4.20. The summed E-state index contributed by atoms with van der Waals surface area (Å²) in [7, 11) is 1.57. The van der Waals surface area contributed by atoms with E-state index in [4.69, 9.17) is 4.74 Å². The highest BCUT2D eigenvalue weighted by Gasteiger charge is 2.50. The standard InChI is InChI=1S/C18H19FN3O3/c1-4-25-15-11(2)9-20-16-14(15)17(23)22(18(24)21(16)3)10-12-6-5-7-13(19)8-12/h5-9,14H,4,10H2,1-3H3/q+1. The lowest BCUT2D eigenvalue weighted by atomic mass is 9.96. The van der Waals surface area contributed by atoms with Crippen LogP contribution in [0, 0.1) is 11.7 Å². The number of imide groups is 1. The molecule has 7 heteroatoms. The molecule has 1 atom stereocenters. The number of allylic oxidation sites excluding steroid dienone is 1. The lowest BCUT2D eigenvalue weighted by Gasteiger charge is -2.29. The summed E-state index contributed by atoms with van der Waals surface area (Å²) < 4.78 is 20.4. The first-order valence-corrected chi connectivity index (χ1v) is 8.02. The van der Waals surface area contributed by atoms with E-state index < -0.39 is 23.7 Å². The fourth-order valence-electron chi connectivity index (χ4n) is 2.99. The molecule has 1 aromatic rings. The van der Waals surface area contributed by atoms with Crippen molar-refractivity contribution in [2.75, 3.05) is 13.7 Å². The predicted molar refractivity (Wildman–Crippen MR) is 89.8 cm³/mol. The van der Waals surface area contributed by atoms with Gasteiger partial charge in [-0.15, -0.1) is 4.99 Å². The molecule has 3 rings (SSSR count). The predicted octanol–water partition coefficient (Wildman–Crippen LogP) is 2.34. The maximum Gasteiger partial charge on any atom is 0.445 e. The van der Waals surface area contributed by atoms with Crippen LogP contribution in [0.25, 0.3) is 0 Å². The van der Waals surface area contributed by atoms with Gasteiger partial charge in [0.05, 0.1) is 13.7 Å². The van der Waals surface area contributed by atoms with Gasteiger partial charge in [-0.25, -0.2) is 9.18 Å². The molecule has 1 unspecified atom stereocenters. The number of amidine groups is 1. The van der Waals surface area contributed by atoms with Crippen LogP contribution >= 0.6 is 0 Å². The van der Waals surface area contributed by atoms with Crippen LogP contribution in [0.4, 0.5) is 9.18 Å². The van der Waals surface area contributed by atoms with Gasteiger partial charge in [0.25, 0.3) is 5.84 Å². The number of nitrogens with zero attached hydrogens (tertiary/aromatic N) is 3. The zero-order valence-electron chi connectivity index (χ0n) is 14.3. The van der Waals surface area contributed by atoms with Crippen molar-refractivity contribution in [3.8, 4) is 0 Å². The van der Waals surface area contributed by atoms with E-state index in [-0.39, 0.29) is 6.54 Å². The number of urea groups is 1. The largest absolute Gasteiger partial charge is 0.496 e. The van der Waals surface area contributed by atoms with E-state index in [1.807, 2.05) is 13.8 Å². The molecule has 0 aromatic heterocycles. The van der Waals surface area contributed by atoms with Crippen molar-refractivity contribution in [2.24, 2.45) is 10.9 Å². The van der Waals surface area contributed by atoms with Crippen molar-refractivity contribution in [1.82, 2.24) is 4.90 Å². The maximum absolute atomic E-state index is 13.4. The Hall–Kier alpha value is -2.83. The lowest BCUT2D eigenvalue weighted by molar-refractivity contribution is -0.409. The number of aliphatic imine (C=N–C) groups is 1. The summed E-state index contributed by atoms with van der Waals surface area (Å²) in [5.74, 6) is -0.744. The first-order chi connectivity index (χ1) is 11.9. The molecular weight excluding hydrogens is 325 g/mol. The van der Waals surface area contributed by atoms with E-state index in [9.17, 15) is 14.0 Å². The van der Waals surface area contributed by atoms with E-state index in [1.165, 1.54) is 16.7 Å². The first-order valence-electron chi connectivity index (χ1n) is 8.02. The molecule has 0 saturated heterocycles. The molecule has 0 N–H and O–H groups in total. The van der Waals surface area contributed by atoms with Gasteiger partial charge in [-0.2, -0.15) is 9.48 Å². The number of benzene rings is 1. The second kappa shape index (κ2) is 6.58. The van der Waals surface area contributed by atoms with Gasteiger partial charge < -0.3 is 4.74 Å². The summed E-state index contributed by atoms with van der Waals surface area (Å²) >= 11 is 0. The van der Waals surface area contributed by atoms with Gasteiger partial charge >= 0.3 is 11.9 Å². The third kappa shape index (κ3) is 2.97. The summed E-state index contributed by atoms with van der Waals surface area (Å²) in [5, 5.41) is 0. The Morgan fingerprint density at radius 1 is 1.36 bits per heavy atom. The Balaban J connectivity index is 2.01. The van der Waals surface area contributed by atoms with Crippen LogP contribution in [0.1, 0.15) is 19.4 Å². The van der Waals surface area contributed by atoms with Crippen molar-refractivity contribution in [2.45, 2.75) is 20.4 Å². The molecule has 2 heterocycles. The molecule has 6 nitrogen and oxygen atoms in total. The molecule has 0 aliphatic carbocycles. The smallest absolute Gasteiger partial charge is 0.445 e. The Morgan fingerprint density at radius 3 is 2.80 bits per heavy atom. The van der Waals surface area contributed by atoms with Gasteiger partial charge in [-0.3, -0.25) is 4.79 Å². The topological polar surface area (TPSA) is 62.0 Å². The summed E-state index contributed by atoms with van der Waals surface area (Å²) in [6, 6.07) is 5.35. The summed E-state index contributed by atoms with van der Waals surface area (Å²) in [4.78, 5) is 31.0. The van der Waals surface area contributed by atoms with Crippen LogP contribution in [0.2, 0.25) is 0 Å². The lowest BCUT2D eigenvalue weighted by Crippen LogP contribution is -2.54. The van der Waals surface area contributed by atoms with Crippen LogP contribution in [-0.2, 0) is 16.1 Å². The van der Waals surface area contributed by atoms with Gasteiger partial charge in [0.15, 0.2) is 5.92 Å². The highest BCUT2D eigenvalue weighted by atomic mass is 19.1. The van der Waals surface area contributed by atoms with Crippen LogP contribution in [0.5, 0.6) is 0 Å². The fourth-order valence-corrected chi connectivity index (χ4v) is 2.99. The number of dihydropyridines is 1. The normalized spacial score (nSPS) is 20.3. The van der Waals surface area contributed by atoms with Crippen LogP contribution in [0.15, 0.2) is 40.6 Å². The average molecular weight is 344 g/mol. The second-order valence-corrected chi connectivity index (χ2v) is 5.93. The van der Waals surface area contributed by atoms with E-state index in [0.717, 1.165) is 10.5 Å². The summed E-state index contributed by atoms with van der Waals surface area (Å²) in [6.45, 7) is 4.04. The number of fused-ring (bicyclic) bond motifs is 1. The number of carbonyl (C=O) groups is 2. The van der Waals surface area contributed by atoms with Gasteiger partial charge in [0.2, 0.25) is 0 Å². The molecular formula is C18H19FN3O3+. The van der Waals surface area contributed by atoms with Crippen molar-refractivity contribution in [3.05, 3.63) is 47.0 Å². The zero-order chi connectivity index (χ0) is 18.1. The molecule has 2 aliphatic heterocycles. The van der Waals surface area contributed by atoms with Crippen LogP contribution in [-0.4, -0.2) is 47.1 Å². The number of carbonyl (C=O) groups excluding carboxylic acids is 2. The molecule has 0 saturated carbocycles. The molecule has 0 spiro atoms. The number of ether oxygens (including phenoxy) is 1. The molecule has 25 heavy (non-hydrogen) atoms. The third-order valence-corrected chi connectivity index (χ3v) is 4.20. The Labute approximate surface area is 144 Å². The van der Waals surface area contributed by atoms with Crippen molar-refractivity contribution >= 4 is 24.0 Å². The highest BCUT2D eigenvalue weighted by Crippen LogP contribution is 2.28. The number of halogens is 1. The summed E-state index contributed by atoms with van der Waals surface area (Å²) in [6.07, 6.45) is 1.59. The molecule has 0 radical (unpaired) electrons. The number of amides is 3. The minimum atomic E-state index is -0.763. The van der Waals surface area contributed by atoms with E-state index in [0.29, 0.717) is 23.8 Å². The van der Waals surface area contributed by atoms with E-state index in [1.54, 1.807) is 25.4 Å². The Kier molecular flexibility index (Phi) is 4.48. The fraction of sp³-hybridized carbons (Fsp3) is 0.333. The highest BCUT2D eigenvalue weighted by molar-refractivity contribution is 6.16. The van der Waals surface area contributed by atoms with Gasteiger partial charge in [0, 0.05) is 5.57 Å². The molecule has 2 aliphatic rings. The van der Waals surface area contributed by atoms with Gasteiger partial charge in [-0.1, -0.05) is 12.1 Å². The number of hydrogen-bond donors (Lipinski definition) is 0. The Morgan fingerprint density at radius 2 is 2.12 bits per heavy atom.